The highest BCUT2D eigenvalue weighted by molar-refractivity contribution is 6.32. The summed E-state index contributed by atoms with van der Waals surface area (Å²) in [7, 11) is 0. The molecule has 6 heteroatoms. The maximum atomic E-state index is 11.5. The number of rotatable bonds is 6. The van der Waals surface area contributed by atoms with E-state index in [2.05, 4.69) is 10.6 Å². The number of furan rings is 1. The average Bonchev–Trinajstić information content (AvgIpc) is 2.63. The summed E-state index contributed by atoms with van der Waals surface area (Å²) in [5, 5.41) is 14.7. The monoisotopic (exact) mass is 246 g/mol. The van der Waals surface area contributed by atoms with Gasteiger partial charge in [-0.1, -0.05) is 0 Å². The van der Waals surface area contributed by atoms with Crippen molar-refractivity contribution >= 4 is 17.5 Å². The molecule has 1 unspecified atom stereocenters. The number of nitrogens with one attached hydrogen (secondary N) is 2. The number of halogens is 1. The zero-order valence-electron chi connectivity index (χ0n) is 9.00. The summed E-state index contributed by atoms with van der Waals surface area (Å²) in [6.07, 6.45) is 0.974. The Hall–Kier alpha value is -1.04. The predicted octanol–water partition coefficient (Wildman–Crippen LogP) is 0.633. The Morgan fingerprint density at radius 1 is 1.62 bits per heavy atom. The van der Waals surface area contributed by atoms with Gasteiger partial charge in [-0.15, -0.1) is 0 Å². The molecule has 0 aliphatic heterocycles. The molecule has 0 radical (unpaired) electrons. The molecule has 1 aromatic rings. The van der Waals surface area contributed by atoms with Crippen molar-refractivity contribution in [1.82, 2.24) is 10.6 Å². The first kappa shape index (κ1) is 13.0. The standard InChI is InChI=1S/C10H15ClN2O3/c1-7(14)6-12-3-4-13-10(15)8-2-5-16-9(8)11/h2,5,7,12,14H,3-4,6H2,1H3,(H,13,15). The Morgan fingerprint density at radius 2 is 2.38 bits per heavy atom. The molecule has 90 valence electrons. The molecule has 0 aromatic carbocycles. The largest absolute Gasteiger partial charge is 0.452 e. The minimum absolute atomic E-state index is 0.0921. The first-order valence-corrected chi connectivity index (χ1v) is 5.39. The lowest BCUT2D eigenvalue weighted by Crippen LogP contribution is -2.34. The number of carbonyl (C=O) groups is 1. The molecule has 1 heterocycles. The highest BCUT2D eigenvalue weighted by atomic mass is 35.5. The van der Waals surface area contributed by atoms with Gasteiger partial charge in [0.2, 0.25) is 5.22 Å². The second kappa shape index (κ2) is 6.52. The Balaban J connectivity index is 2.19. The summed E-state index contributed by atoms with van der Waals surface area (Å²) < 4.78 is 4.80. The molecule has 0 saturated heterocycles. The topological polar surface area (TPSA) is 74.5 Å². The van der Waals surface area contributed by atoms with Gasteiger partial charge < -0.3 is 20.2 Å². The van der Waals surface area contributed by atoms with Gasteiger partial charge in [-0.2, -0.15) is 0 Å². The molecule has 0 aliphatic carbocycles. The van der Waals surface area contributed by atoms with Gasteiger partial charge in [-0.25, -0.2) is 0 Å². The van der Waals surface area contributed by atoms with Gasteiger partial charge in [-0.05, 0) is 24.6 Å². The van der Waals surface area contributed by atoms with E-state index in [1.165, 1.54) is 12.3 Å². The predicted molar refractivity (Wildman–Crippen MR) is 60.6 cm³/mol. The number of amides is 1. The number of hydrogen-bond donors (Lipinski definition) is 3. The minimum Gasteiger partial charge on any atom is -0.452 e. The van der Waals surface area contributed by atoms with Gasteiger partial charge in [0.1, 0.15) is 0 Å². The van der Waals surface area contributed by atoms with E-state index in [9.17, 15) is 4.79 Å². The Bertz CT molecular complexity index is 339. The van der Waals surface area contributed by atoms with E-state index in [0.717, 1.165) is 0 Å². The second-order valence-electron chi connectivity index (χ2n) is 3.42. The Morgan fingerprint density at radius 3 is 2.94 bits per heavy atom. The van der Waals surface area contributed by atoms with Crippen molar-refractivity contribution < 1.29 is 14.3 Å². The number of carbonyl (C=O) groups excluding carboxylic acids is 1. The quantitative estimate of drug-likeness (QED) is 0.644. The summed E-state index contributed by atoms with van der Waals surface area (Å²) in [5.74, 6) is -0.266. The highest BCUT2D eigenvalue weighted by Crippen LogP contribution is 2.15. The molecule has 0 spiro atoms. The van der Waals surface area contributed by atoms with Crippen LogP contribution >= 0.6 is 11.6 Å². The van der Waals surface area contributed by atoms with Gasteiger partial charge in [0.15, 0.2) is 0 Å². The van der Waals surface area contributed by atoms with Crippen LogP contribution in [-0.4, -0.2) is 36.8 Å². The van der Waals surface area contributed by atoms with Gasteiger partial charge in [0.25, 0.3) is 5.91 Å². The van der Waals surface area contributed by atoms with E-state index in [4.69, 9.17) is 21.1 Å². The van der Waals surface area contributed by atoms with Gasteiger partial charge >= 0.3 is 0 Å². The number of aliphatic hydroxyl groups excluding tert-OH is 1. The summed E-state index contributed by atoms with van der Waals surface area (Å²) in [6.45, 7) is 3.25. The third-order valence-electron chi connectivity index (χ3n) is 1.89. The lowest BCUT2D eigenvalue weighted by molar-refractivity contribution is 0.0953. The van der Waals surface area contributed by atoms with Crippen LogP contribution in [0.2, 0.25) is 5.22 Å². The number of hydrogen-bond acceptors (Lipinski definition) is 4. The van der Waals surface area contributed by atoms with E-state index in [1.807, 2.05) is 0 Å². The normalized spacial score (nSPS) is 12.4. The van der Waals surface area contributed by atoms with Crippen molar-refractivity contribution in [3.05, 3.63) is 23.1 Å². The second-order valence-corrected chi connectivity index (χ2v) is 3.76. The van der Waals surface area contributed by atoms with Crippen LogP contribution in [0.3, 0.4) is 0 Å². The Kier molecular flexibility index (Phi) is 5.31. The van der Waals surface area contributed by atoms with Crippen LogP contribution in [0.25, 0.3) is 0 Å². The minimum atomic E-state index is -0.390. The van der Waals surface area contributed by atoms with Crippen molar-refractivity contribution in [2.75, 3.05) is 19.6 Å². The molecule has 0 aliphatic rings. The zero-order chi connectivity index (χ0) is 12.0. The van der Waals surface area contributed by atoms with Crippen molar-refractivity contribution in [3.8, 4) is 0 Å². The fourth-order valence-electron chi connectivity index (χ4n) is 1.13. The fourth-order valence-corrected chi connectivity index (χ4v) is 1.33. The summed E-state index contributed by atoms with van der Waals surface area (Å²) in [6, 6.07) is 1.51. The van der Waals surface area contributed by atoms with E-state index >= 15 is 0 Å². The molecular weight excluding hydrogens is 232 g/mol. The first-order valence-electron chi connectivity index (χ1n) is 5.01. The van der Waals surface area contributed by atoms with Crippen molar-refractivity contribution in [1.29, 1.82) is 0 Å². The summed E-state index contributed by atoms with van der Waals surface area (Å²) in [5.41, 5.74) is 0.331. The molecule has 1 aromatic heterocycles. The van der Waals surface area contributed by atoms with Crippen LogP contribution in [0.5, 0.6) is 0 Å². The summed E-state index contributed by atoms with van der Waals surface area (Å²) >= 11 is 5.64. The molecule has 0 bridgehead atoms. The van der Waals surface area contributed by atoms with Crippen molar-refractivity contribution in [2.45, 2.75) is 13.0 Å². The molecule has 0 fully saturated rings. The molecular formula is C10H15ClN2O3. The van der Waals surface area contributed by atoms with Crippen LogP contribution in [0, 0.1) is 0 Å². The van der Waals surface area contributed by atoms with Crippen LogP contribution < -0.4 is 10.6 Å². The van der Waals surface area contributed by atoms with Crippen LogP contribution in [0.4, 0.5) is 0 Å². The van der Waals surface area contributed by atoms with E-state index in [-0.39, 0.29) is 17.2 Å². The molecule has 0 saturated carbocycles. The molecule has 1 rings (SSSR count). The maximum Gasteiger partial charge on any atom is 0.256 e. The van der Waals surface area contributed by atoms with Crippen LogP contribution in [-0.2, 0) is 0 Å². The van der Waals surface area contributed by atoms with Gasteiger partial charge in [0.05, 0.1) is 17.9 Å². The van der Waals surface area contributed by atoms with E-state index in [0.29, 0.717) is 25.2 Å². The molecule has 16 heavy (non-hydrogen) atoms. The average molecular weight is 247 g/mol. The third kappa shape index (κ3) is 4.22. The van der Waals surface area contributed by atoms with Crippen LogP contribution in [0.15, 0.2) is 16.7 Å². The van der Waals surface area contributed by atoms with E-state index < -0.39 is 0 Å². The highest BCUT2D eigenvalue weighted by Gasteiger charge is 2.11. The number of aliphatic hydroxyl groups is 1. The van der Waals surface area contributed by atoms with Crippen molar-refractivity contribution in [3.63, 3.8) is 0 Å². The van der Waals surface area contributed by atoms with Crippen LogP contribution in [0.1, 0.15) is 17.3 Å². The van der Waals surface area contributed by atoms with Gasteiger partial charge in [0, 0.05) is 19.6 Å². The smallest absolute Gasteiger partial charge is 0.256 e. The van der Waals surface area contributed by atoms with Gasteiger partial charge in [-0.3, -0.25) is 4.79 Å². The summed E-state index contributed by atoms with van der Waals surface area (Å²) in [4.78, 5) is 11.5. The Labute approximate surface area is 98.8 Å². The SMILES string of the molecule is CC(O)CNCCNC(=O)c1ccoc1Cl. The maximum absolute atomic E-state index is 11.5. The third-order valence-corrected chi connectivity index (χ3v) is 2.18. The lowest BCUT2D eigenvalue weighted by Gasteiger charge is -2.07. The van der Waals surface area contributed by atoms with Crippen molar-refractivity contribution in [2.24, 2.45) is 0 Å². The molecule has 1 atom stereocenters. The zero-order valence-corrected chi connectivity index (χ0v) is 9.75. The fraction of sp³-hybridized carbons (Fsp3) is 0.500. The lowest BCUT2D eigenvalue weighted by atomic mass is 10.3. The first-order chi connectivity index (χ1) is 7.61. The van der Waals surface area contributed by atoms with E-state index in [1.54, 1.807) is 6.92 Å². The molecule has 3 N–H and O–H groups in total. The molecule has 1 amide bonds. The molecule has 5 nitrogen and oxygen atoms in total.